The van der Waals surface area contributed by atoms with Crippen LogP contribution < -0.4 is 14.5 Å². The molecule has 0 spiro atoms. The molecule has 0 aliphatic carbocycles. The molecule has 0 radical (unpaired) electrons. The zero-order valence-electron chi connectivity index (χ0n) is 13.9. The van der Waals surface area contributed by atoms with Gasteiger partial charge < -0.3 is 10.2 Å². The molecule has 2 aromatic rings. The molecule has 0 saturated carbocycles. The Balaban J connectivity index is 1.74. The van der Waals surface area contributed by atoms with Gasteiger partial charge in [-0.05, 0) is 42.3 Å². The molecular weight excluding hydrogens is 338 g/mol. The van der Waals surface area contributed by atoms with E-state index in [1.54, 1.807) is 23.1 Å². The maximum atomic E-state index is 13.2. The number of amides is 1. The summed E-state index contributed by atoms with van der Waals surface area (Å²) in [4.78, 5) is 13.6. The van der Waals surface area contributed by atoms with Crippen molar-refractivity contribution >= 4 is 33.0 Å². The van der Waals surface area contributed by atoms with Gasteiger partial charge in [-0.15, -0.1) is 0 Å². The molecule has 1 amide bonds. The number of carbonyl (C=O) groups is 1. The Morgan fingerprint density at radius 1 is 1.08 bits per heavy atom. The van der Waals surface area contributed by atoms with Gasteiger partial charge in [0.25, 0.3) is 10.0 Å². The zero-order chi connectivity index (χ0) is 17.6. The number of sulfonamides is 1. The fourth-order valence-corrected chi connectivity index (χ4v) is 5.03. The van der Waals surface area contributed by atoms with Crippen LogP contribution in [0.25, 0.3) is 0 Å². The minimum Gasteiger partial charge on any atom is -0.382 e. The number of carbonyl (C=O) groups excluding carboxylic acids is 1. The van der Waals surface area contributed by atoms with Crippen LogP contribution in [0.15, 0.2) is 47.4 Å². The molecule has 2 aliphatic heterocycles. The summed E-state index contributed by atoms with van der Waals surface area (Å²) in [5.41, 5.74) is 3.20. The Morgan fingerprint density at radius 3 is 2.68 bits per heavy atom. The van der Waals surface area contributed by atoms with Gasteiger partial charge in [-0.1, -0.05) is 12.1 Å². The van der Waals surface area contributed by atoms with Gasteiger partial charge in [-0.3, -0.25) is 9.10 Å². The van der Waals surface area contributed by atoms with E-state index in [0.717, 1.165) is 16.9 Å². The van der Waals surface area contributed by atoms with Crippen LogP contribution >= 0.6 is 0 Å². The summed E-state index contributed by atoms with van der Waals surface area (Å²) in [5.74, 6) is -0.0228. The van der Waals surface area contributed by atoms with Gasteiger partial charge in [0.2, 0.25) is 5.91 Å². The molecular formula is C18H19N3O3S. The second-order valence-electron chi connectivity index (χ2n) is 6.23. The predicted octanol–water partition coefficient (Wildman–Crippen LogP) is 2.22. The summed E-state index contributed by atoms with van der Waals surface area (Å²) in [5, 5.41) is 3.23. The highest BCUT2D eigenvalue weighted by Crippen LogP contribution is 2.35. The smallest absolute Gasteiger partial charge is 0.264 e. The zero-order valence-corrected chi connectivity index (χ0v) is 14.7. The first kappa shape index (κ1) is 16.0. The van der Waals surface area contributed by atoms with Crippen LogP contribution in [0, 0.1) is 0 Å². The number of fused-ring (bicyclic) bond motifs is 2. The maximum Gasteiger partial charge on any atom is 0.264 e. The quantitative estimate of drug-likeness (QED) is 0.895. The molecule has 7 heteroatoms. The molecule has 0 saturated heterocycles. The van der Waals surface area contributed by atoms with Crippen LogP contribution in [-0.4, -0.2) is 34.0 Å². The normalized spacial score (nSPS) is 16.2. The molecule has 0 bridgehead atoms. The van der Waals surface area contributed by atoms with Crippen molar-refractivity contribution in [2.45, 2.75) is 18.2 Å². The van der Waals surface area contributed by atoms with Crippen LogP contribution in [0.1, 0.15) is 12.5 Å². The van der Waals surface area contributed by atoms with E-state index < -0.39 is 10.0 Å². The molecule has 1 N–H and O–H groups in total. The Hall–Kier alpha value is -2.54. The average Bonchev–Trinajstić information content (AvgIpc) is 3.04. The third-order valence-corrected chi connectivity index (χ3v) is 6.53. The van der Waals surface area contributed by atoms with Crippen molar-refractivity contribution in [3.05, 3.63) is 48.0 Å². The van der Waals surface area contributed by atoms with Crippen molar-refractivity contribution < 1.29 is 13.2 Å². The van der Waals surface area contributed by atoms with Gasteiger partial charge in [0.15, 0.2) is 0 Å². The first-order chi connectivity index (χ1) is 12.0. The van der Waals surface area contributed by atoms with Crippen molar-refractivity contribution in [1.82, 2.24) is 0 Å². The van der Waals surface area contributed by atoms with Crippen molar-refractivity contribution in [2.75, 3.05) is 34.2 Å². The summed E-state index contributed by atoms with van der Waals surface area (Å²) < 4.78 is 27.8. The van der Waals surface area contributed by atoms with Gasteiger partial charge in [-0.2, -0.15) is 0 Å². The molecule has 0 aromatic heterocycles. The van der Waals surface area contributed by atoms with Gasteiger partial charge >= 0.3 is 0 Å². The van der Waals surface area contributed by atoms with E-state index in [9.17, 15) is 13.2 Å². The fourth-order valence-electron chi connectivity index (χ4n) is 3.50. The highest BCUT2D eigenvalue weighted by molar-refractivity contribution is 7.92. The fraction of sp³-hybridized carbons (Fsp3) is 0.278. The maximum absolute atomic E-state index is 13.2. The molecule has 2 heterocycles. The van der Waals surface area contributed by atoms with E-state index in [1.807, 2.05) is 24.3 Å². The van der Waals surface area contributed by atoms with Crippen molar-refractivity contribution in [1.29, 1.82) is 0 Å². The minimum absolute atomic E-state index is 0.0228. The molecule has 0 fully saturated rings. The second-order valence-corrected chi connectivity index (χ2v) is 8.09. The number of anilines is 3. The summed E-state index contributed by atoms with van der Waals surface area (Å²) >= 11 is 0. The lowest BCUT2D eigenvalue weighted by atomic mass is 10.2. The molecule has 25 heavy (non-hydrogen) atoms. The van der Waals surface area contributed by atoms with Gasteiger partial charge in [0, 0.05) is 25.7 Å². The third kappa shape index (κ3) is 2.55. The van der Waals surface area contributed by atoms with Gasteiger partial charge in [0.05, 0.1) is 22.8 Å². The number of benzene rings is 2. The van der Waals surface area contributed by atoms with Crippen molar-refractivity contribution in [2.24, 2.45) is 0 Å². The predicted molar refractivity (Wildman–Crippen MR) is 97.6 cm³/mol. The highest BCUT2D eigenvalue weighted by atomic mass is 32.2. The summed E-state index contributed by atoms with van der Waals surface area (Å²) in [6.07, 6.45) is 0.677. The largest absolute Gasteiger partial charge is 0.382 e. The van der Waals surface area contributed by atoms with Gasteiger partial charge in [0.1, 0.15) is 0 Å². The summed E-state index contributed by atoms with van der Waals surface area (Å²) in [6, 6.07) is 12.5. The molecule has 4 rings (SSSR count). The highest BCUT2D eigenvalue weighted by Gasteiger charge is 2.31. The summed E-state index contributed by atoms with van der Waals surface area (Å²) in [7, 11) is -3.64. The second kappa shape index (κ2) is 5.77. The standard InChI is InChI=1S/C18H19N3O3S/c1-13(22)20-10-8-14-12-15(6-7-17(14)20)25(23,24)21-11-9-19-16-4-2-3-5-18(16)21/h2-7,12,19H,8-11H2,1H3. The lowest BCUT2D eigenvalue weighted by Crippen LogP contribution is -2.38. The SMILES string of the molecule is CC(=O)N1CCc2cc(S(=O)(=O)N3CCNc4ccccc43)ccc21. The number of hydrogen-bond donors (Lipinski definition) is 1. The van der Waals surface area contributed by atoms with Crippen LogP contribution in [0.3, 0.4) is 0 Å². The van der Waals surface area contributed by atoms with Crippen molar-refractivity contribution in [3.8, 4) is 0 Å². The monoisotopic (exact) mass is 357 g/mol. The first-order valence-electron chi connectivity index (χ1n) is 8.25. The number of para-hydroxylation sites is 2. The van der Waals surface area contributed by atoms with Crippen molar-refractivity contribution in [3.63, 3.8) is 0 Å². The molecule has 0 atom stereocenters. The van der Waals surface area contributed by atoms with Crippen LogP contribution in [-0.2, 0) is 21.2 Å². The van der Waals surface area contributed by atoms with E-state index in [0.29, 0.717) is 31.7 Å². The lowest BCUT2D eigenvalue weighted by Gasteiger charge is -2.31. The Morgan fingerprint density at radius 2 is 1.88 bits per heavy atom. The third-order valence-electron chi connectivity index (χ3n) is 4.72. The minimum atomic E-state index is -3.64. The first-order valence-corrected chi connectivity index (χ1v) is 9.69. The number of nitrogens with zero attached hydrogens (tertiary/aromatic N) is 2. The van der Waals surface area contributed by atoms with Gasteiger partial charge in [-0.25, -0.2) is 8.42 Å². The Bertz CT molecular complexity index is 956. The van der Waals surface area contributed by atoms with E-state index in [4.69, 9.17) is 0 Å². The van der Waals surface area contributed by atoms with E-state index in [2.05, 4.69) is 5.32 Å². The van der Waals surface area contributed by atoms with Crippen LogP contribution in [0.2, 0.25) is 0 Å². The van der Waals surface area contributed by atoms with E-state index >= 15 is 0 Å². The topological polar surface area (TPSA) is 69.7 Å². The summed E-state index contributed by atoms with van der Waals surface area (Å²) in [6.45, 7) is 3.08. The lowest BCUT2D eigenvalue weighted by molar-refractivity contribution is -0.116. The molecule has 2 aromatic carbocycles. The Labute approximate surface area is 147 Å². The van der Waals surface area contributed by atoms with E-state index in [1.165, 1.54) is 11.2 Å². The van der Waals surface area contributed by atoms with E-state index in [-0.39, 0.29) is 10.8 Å². The molecule has 2 aliphatic rings. The molecule has 130 valence electrons. The Kier molecular flexibility index (Phi) is 3.68. The molecule has 0 unspecified atom stereocenters. The number of hydrogen-bond acceptors (Lipinski definition) is 4. The van der Waals surface area contributed by atoms with Crippen LogP contribution in [0.5, 0.6) is 0 Å². The number of rotatable bonds is 2. The number of nitrogens with one attached hydrogen (secondary N) is 1. The average molecular weight is 357 g/mol. The van der Waals surface area contributed by atoms with Crippen LogP contribution in [0.4, 0.5) is 17.1 Å². The molecule has 6 nitrogen and oxygen atoms in total.